The Morgan fingerprint density at radius 1 is 0.267 bits per heavy atom. The van der Waals surface area contributed by atoms with Gasteiger partial charge in [-0.2, -0.15) is 17.5 Å². The number of nitrogens with zero attached hydrogens (tertiary/aromatic N) is 4. The molecular weight excluding hydrogens is 1520 g/mol. The Bertz CT molecular complexity index is 4480. The van der Waals surface area contributed by atoms with Gasteiger partial charge in [0.2, 0.25) is 0 Å². The van der Waals surface area contributed by atoms with E-state index in [9.17, 15) is 0 Å². The predicted octanol–water partition coefficient (Wildman–Crippen LogP) is 38.0. The van der Waals surface area contributed by atoms with Gasteiger partial charge in [0.1, 0.15) is 22.1 Å². The summed E-state index contributed by atoms with van der Waals surface area (Å²) in [6.45, 7) is 24.3. The molecule has 0 saturated heterocycles. The average Bonchev–Trinajstić information content (AvgIpc) is 1.50. The summed E-state index contributed by atoms with van der Waals surface area (Å²) in [5.41, 5.74) is 25.5. The fourth-order valence-electron chi connectivity index (χ4n) is 22.6. The minimum atomic E-state index is -0.168. The molecule has 6 heterocycles. The van der Waals surface area contributed by atoms with E-state index in [1.54, 1.807) is 54.3 Å². The molecule has 116 heavy (non-hydrogen) atoms. The van der Waals surface area contributed by atoms with E-state index in [0.717, 1.165) is 11.0 Å². The van der Waals surface area contributed by atoms with Crippen molar-refractivity contribution in [3.05, 3.63) is 90.0 Å². The topological polar surface area (TPSA) is 51.6 Å². The molecule has 10 heteroatoms. The van der Waals surface area contributed by atoms with Crippen LogP contribution in [0.5, 0.6) is 0 Å². The second kappa shape index (κ2) is 44.6. The second-order valence-electron chi connectivity index (χ2n) is 38.8. The SMILES string of the molecule is CCCCCCCCCCCCCCCCC1(CCCCCCCCCCCCCCCC)c2cc3c(cc2-c2c1cc(C)c1nsnc21)C(CCCCCCCCCCCCCCCC)(CCCCCCCCCCCCCCCC)c1cc(-c2cc4sc5c(c4s2)C(C)(C)C2=C5C(C)(C)c4c2sc2cc(C)sc42)c2nsnc2c1-3. The van der Waals surface area contributed by atoms with E-state index in [1.165, 1.54) is 482 Å². The van der Waals surface area contributed by atoms with E-state index in [4.69, 9.17) is 17.5 Å². The van der Waals surface area contributed by atoms with Gasteiger partial charge in [0.15, 0.2) is 0 Å². The molecule has 4 nitrogen and oxygen atoms in total. The molecule has 0 spiro atoms. The highest BCUT2D eigenvalue weighted by atomic mass is 32.1. The van der Waals surface area contributed by atoms with Crippen molar-refractivity contribution in [2.24, 2.45) is 0 Å². The van der Waals surface area contributed by atoms with Gasteiger partial charge >= 0.3 is 0 Å². The van der Waals surface area contributed by atoms with Crippen molar-refractivity contribution in [1.82, 2.24) is 17.5 Å². The van der Waals surface area contributed by atoms with Crippen molar-refractivity contribution in [1.29, 1.82) is 0 Å². The van der Waals surface area contributed by atoms with Gasteiger partial charge < -0.3 is 0 Å². The molecule has 636 valence electrons. The molecule has 0 fully saturated rings. The number of benzene rings is 3. The highest BCUT2D eigenvalue weighted by Crippen LogP contribution is 2.70. The van der Waals surface area contributed by atoms with Gasteiger partial charge in [0, 0.05) is 67.3 Å². The number of unbranched alkanes of at least 4 members (excludes halogenated alkanes) is 52. The smallest absolute Gasteiger partial charge is 0.114 e. The van der Waals surface area contributed by atoms with Crippen LogP contribution in [0.15, 0.2) is 36.4 Å². The highest BCUT2D eigenvalue weighted by molar-refractivity contribution is 7.31. The molecule has 4 aliphatic carbocycles. The Morgan fingerprint density at radius 2 is 0.543 bits per heavy atom. The molecule has 0 N–H and O–H groups in total. The van der Waals surface area contributed by atoms with Crippen LogP contribution in [0.1, 0.15) is 494 Å². The monoisotopic (exact) mass is 1680 g/mol. The number of aromatic nitrogens is 4. The summed E-state index contributed by atoms with van der Waals surface area (Å²) in [7, 11) is 0. The van der Waals surface area contributed by atoms with Crippen molar-refractivity contribution < 1.29 is 0 Å². The first kappa shape index (κ1) is 90.1. The largest absolute Gasteiger partial charge is 0.173 e. The van der Waals surface area contributed by atoms with Crippen molar-refractivity contribution in [3.8, 4) is 32.7 Å². The molecule has 3 aromatic carbocycles. The Morgan fingerprint density at radius 3 is 0.888 bits per heavy atom. The molecule has 4 aliphatic rings. The third kappa shape index (κ3) is 20.7. The molecule has 0 saturated carbocycles. The van der Waals surface area contributed by atoms with E-state index in [0.29, 0.717) is 0 Å². The Balaban J connectivity index is 0.854. The van der Waals surface area contributed by atoms with Crippen LogP contribution in [0.4, 0.5) is 0 Å². The molecule has 13 rings (SSSR count). The molecule has 0 amide bonds. The lowest BCUT2D eigenvalue weighted by atomic mass is 9.68. The van der Waals surface area contributed by atoms with Crippen LogP contribution in [0.25, 0.3) is 84.7 Å². The van der Waals surface area contributed by atoms with E-state index in [-0.39, 0.29) is 21.7 Å². The molecule has 0 unspecified atom stereocenters. The van der Waals surface area contributed by atoms with Gasteiger partial charge in [-0.3, -0.25) is 0 Å². The van der Waals surface area contributed by atoms with E-state index in [2.05, 4.69) is 140 Å². The summed E-state index contributed by atoms with van der Waals surface area (Å²) >= 11 is 11.2. The minimum Gasteiger partial charge on any atom is -0.173 e. The Hall–Kier alpha value is -3.64. The lowest BCUT2D eigenvalue weighted by molar-refractivity contribution is 0.393. The molecule has 6 aromatic heterocycles. The first-order chi connectivity index (χ1) is 56.8. The summed E-state index contributed by atoms with van der Waals surface area (Å²) in [6.07, 6.45) is 82.3. The second-order valence-corrected chi connectivity index (χ2v) is 44.3. The van der Waals surface area contributed by atoms with Crippen LogP contribution < -0.4 is 0 Å². The van der Waals surface area contributed by atoms with E-state index in [1.807, 2.05) is 11.3 Å². The van der Waals surface area contributed by atoms with Gasteiger partial charge in [-0.15, -0.1) is 45.3 Å². The first-order valence-electron chi connectivity index (χ1n) is 49.5. The fraction of sp³-hybridized carbons (Fsp3) is 0.698. The maximum atomic E-state index is 5.67. The normalized spacial score (nSPS) is 15.2. The van der Waals surface area contributed by atoms with Gasteiger partial charge in [0.05, 0.1) is 32.9 Å². The van der Waals surface area contributed by atoms with Crippen LogP contribution in [0.2, 0.25) is 0 Å². The molecule has 9 aromatic rings. The van der Waals surface area contributed by atoms with E-state index < -0.39 is 0 Å². The summed E-state index contributed by atoms with van der Waals surface area (Å²) in [5.74, 6) is 0. The van der Waals surface area contributed by atoms with Gasteiger partial charge in [-0.25, -0.2) is 0 Å². The zero-order chi connectivity index (χ0) is 80.8. The van der Waals surface area contributed by atoms with Gasteiger partial charge in [-0.1, -0.05) is 421 Å². The summed E-state index contributed by atoms with van der Waals surface area (Å²) in [4.78, 5) is 5.93. The standard InChI is InChI=1S/C106H156N4S6/c1-11-15-19-23-27-31-35-39-43-47-51-55-59-63-67-105(68-64-60-56-52-48-44-40-36-32-28-24-20-16-12-2)82-74-80-83(73-79(82)89-84(105)71-77(5)95-97(89)109-115-107-95)106(69-65-61-57-53-49-45-41-37-33-29-25-21-17-13-3,70-66-62-58-54-50-46-42-38-34-30-26-22-18-14-4)85-75-81(96-98(90(80)85)110-116-108-96)86-76-88-100(112-86)94-102(114-88)92-91(104(94,9)10)101-93(103(92,7)8)99-87(113-101)72-78(6)111-99/h71-76H,11-70H2,1-10H3. The molecule has 0 aliphatic heterocycles. The summed E-state index contributed by atoms with van der Waals surface area (Å²) in [6, 6.07) is 16.3. The van der Waals surface area contributed by atoms with Crippen LogP contribution in [-0.2, 0) is 21.7 Å². The van der Waals surface area contributed by atoms with E-state index >= 15 is 0 Å². The number of fused-ring (bicyclic) bond motifs is 18. The van der Waals surface area contributed by atoms with Crippen LogP contribution in [0, 0.1) is 13.8 Å². The minimum absolute atomic E-state index is 0.0446. The maximum Gasteiger partial charge on any atom is 0.114 e. The van der Waals surface area contributed by atoms with Crippen LogP contribution >= 0.6 is 68.8 Å². The number of aryl methyl sites for hydroxylation is 2. The van der Waals surface area contributed by atoms with Crippen molar-refractivity contribution in [3.63, 3.8) is 0 Å². The van der Waals surface area contributed by atoms with Gasteiger partial charge in [0.25, 0.3) is 0 Å². The third-order valence-electron chi connectivity index (χ3n) is 29.2. The predicted molar refractivity (Wildman–Crippen MR) is 521 cm³/mol. The average molecular weight is 1680 g/mol. The molecule has 0 radical (unpaired) electrons. The summed E-state index contributed by atoms with van der Waals surface area (Å²) < 4.78 is 27.8. The van der Waals surface area contributed by atoms with Crippen molar-refractivity contribution in [2.45, 2.75) is 476 Å². The quantitative estimate of drug-likeness (QED) is 0.0357. The lowest BCUT2D eigenvalue weighted by Crippen LogP contribution is -2.27. The fourth-order valence-corrected chi connectivity index (χ4v) is 30.1. The number of allylic oxidation sites excluding steroid dienone is 2. The number of hydrogen-bond donors (Lipinski definition) is 0. The number of hydrogen-bond acceptors (Lipinski definition) is 10. The lowest BCUT2D eigenvalue weighted by Gasteiger charge is -2.35. The highest BCUT2D eigenvalue weighted by Gasteiger charge is 2.55. The zero-order valence-electron chi connectivity index (χ0n) is 75.1. The molecular formula is C106H156N4S6. The van der Waals surface area contributed by atoms with Crippen LogP contribution in [-0.4, -0.2) is 17.5 Å². The number of thiophene rings is 4. The Labute approximate surface area is 731 Å². The molecule has 0 atom stereocenters. The Kier molecular flexibility index (Phi) is 34.7. The third-order valence-corrected chi connectivity index (χ3v) is 35.1. The molecule has 0 bridgehead atoms. The van der Waals surface area contributed by atoms with Crippen molar-refractivity contribution in [2.75, 3.05) is 0 Å². The number of rotatable bonds is 61. The maximum absolute atomic E-state index is 5.67. The van der Waals surface area contributed by atoms with Crippen LogP contribution in [0.3, 0.4) is 0 Å². The zero-order valence-corrected chi connectivity index (χ0v) is 80.0. The first-order valence-corrected chi connectivity index (χ1v) is 54.2. The van der Waals surface area contributed by atoms with Crippen molar-refractivity contribution >= 4 is 121 Å². The van der Waals surface area contributed by atoms with Gasteiger partial charge in [-0.05, 0) is 131 Å². The summed E-state index contributed by atoms with van der Waals surface area (Å²) in [5, 5.41) is 0.